The molecule has 1 rings (SSSR count). The predicted octanol–water partition coefficient (Wildman–Crippen LogP) is 4.88. The van der Waals surface area contributed by atoms with Gasteiger partial charge in [-0.15, -0.1) is 0 Å². The standard InChI is InChI=1S/C18H26OSi/c1-20(2,3)16-12-7-5-4-6-11-15-19-17-18-13-9-8-10-14-18/h7-10,12-14H,6,11,15-17H2,1-3H3/b12-7-. The number of allylic oxidation sites excluding steroid dienone is 2. The first-order valence-corrected chi connectivity index (χ1v) is 11.0. The maximum Gasteiger partial charge on any atom is 0.0716 e. The van der Waals surface area contributed by atoms with E-state index in [1.807, 2.05) is 24.3 Å². The van der Waals surface area contributed by atoms with Crippen molar-refractivity contribution in [3.63, 3.8) is 0 Å². The van der Waals surface area contributed by atoms with E-state index in [1.165, 1.54) is 11.6 Å². The summed E-state index contributed by atoms with van der Waals surface area (Å²) in [6.07, 6.45) is 6.13. The molecule has 0 saturated heterocycles. The molecule has 108 valence electrons. The monoisotopic (exact) mass is 286 g/mol. The van der Waals surface area contributed by atoms with Gasteiger partial charge in [0.2, 0.25) is 0 Å². The Morgan fingerprint density at radius 3 is 2.60 bits per heavy atom. The Morgan fingerprint density at radius 2 is 1.90 bits per heavy atom. The topological polar surface area (TPSA) is 9.23 Å². The van der Waals surface area contributed by atoms with Crippen molar-refractivity contribution >= 4 is 8.07 Å². The average Bonchev–Trinajstić information content (AvgIpc) is 2.41. The fourth-order valence-corrected chi connectivity index (χ4v) is 2.45. The van der Waals surface area contributed by atoms with Crippen molar-refractivity contribution in [2.75, 3.05) is 6.61 Å². The van der Waals surface area contributed by atoms with Crippen LogP contribution in [0.2, 0.25) is 25.7 Å². The third kappa shape index (κ3) is 9.60. The van der Waals surface area contributed by atoms with Gasteiger partial charge in [-0.05, 0) is 24.1 Å². The fraction of sp³-hybridized carbons (Fsp3) is 0.444. The van der Waals surface area contributed by atoms with E-state index < -0.39 is 8.07 Å². The van der Waals surface area contributed by atoms with Gasteiger partial charge in [0.1, 0.15) is 0 Å². The normalized spacial score (nSPS) is 11.3. The summed E-state index contributed by atoms with van der Waals surface area (Å²) in [6.45, 7) is 8.59. The Bertz CT molecular complexity index is 446. The maximum atomic E-state index is 5.61. The third-order valence-corrected chi connectivity index (χ3v) is 4.20. The Morgan fingerprint density at radius 1 is 1.15 bits per heavy atom. The molecular weight excluding hydrogens is 260 g/mol. The lowest BCUT2D eigenvalue weighted by Gasteiger charge is -2.10. The second kappa shape index (κ2) is 9.58. The maximum absolute atomic E-state index is 5.61. The minimum atomic E-state index is -0.950. The molecule has 1 aromatic carbocycles. The first-order valence-electron chi connectivity index (χ1n) is 7.33. The summed E-state index contributed by atoms with van der Waals surface area (Å²) in [7, 11) is -0.950. The molecule has 0 N–H and O–H groups in total. The number of hydrogen-bond donors (Lipinski definition) is 0. The zero-order valence-electron chi connectivity index (χ0n) is 13.0. The highest BCUT2D eigenvalue weighted by molar-refractivity contribution is 6.76. The third-order valence-electron chi connectivity index (χ3n) is 2.74. The molecule has 0 spiro atoms. The molecule has 0 amide bonds. The minimum Gasteiger partial charge on any atom is -0.377 e. The molecule has 0 fully saturated rings. The van der Waals surface area contributed by atoms with Crippen LogP contribution in [-0.4, -0.2) is 14.7 Å². The van der Waals surface area contributed by atoms with Crippen molar-refractivity contribution < 1.29 is 4.74 Å². The molecular formula is C18H26OSi. The second-order valence-corrected chi connectivity index (χ2v) is 11.7. The van der Waals surface area contributed by atoms with Crippen LogP contribution in [0, 0.1) is 11.8 Å². The van der Waals surface area contributed by atoms with E-state index in [0.29, 0.717) is 6.61 Å². The Hall–Kier alpha value is -1.30. The van der Waals surface area contributed by atoms with Gasteiger partial charge in [0, 0.05) is 21.1 Å². The molecule has 0 saturated carbocycles. The van der Waals surface area contributed by atoms with Crippen molar-refractivity contribution in [1.29, 1.82) is 0 Å². The highest BCUT2D eigenvalue weighted by Crippen LogP contribution is 2.07. The summed E-state index contributed by atoms with van der Waals surface area (Å²) < 4.78 is 5.61. The van der Waals surface area contributed by atoms with Gasteiger partial charge in [0.05, 0.1) is 6.61 Å². The SMILES string of the molecule is C[Si](C)(C)C/C=C\C#CCCCOCc1ccccc1. The van der Waals surface area contributed by atoms with Crippen molar-refractivity contribution in [2.24, 2.45) is 0 Å². The van der Waals surface area contributed by atoms with E-state index in [0.717, 1.165) is 19.4 Å². The average molecular weight is 286 g/mol. The number of rotatable bonds is 7. The van der Waals surface area contributed by atoms with Crippen LogP contribution in [0.4, 0.5) is 0 Å². The van der Waals surface area contributed by atoms with Crippen LogP contribution >= 0.6 is 0 Å². The Labute approximate surface area is 125 Å². The van der Waals surface area contributed by atoms with Gasteiger partial charge in [0.25, 0.3) is 0 Å². The molecule has 20 heavy (non-hydrogen) atoms. The molecule has 0 aliphatic rings. The summed E-state index contributed by atoms with van der Waals surface area (Å²) >= 11 is 0. The van der Waals surface area contributed by atoms with Crippen LogP contribution < -0.4 is 0 Å². The molecule has 0 aliphatic carbocycles. The van der Waals surface area contributed by atoms with E-state index in [4.69, 9.17) is 4.74 Å². The first-order chi connectivity index (χ1) is 9.58. The van der Waals surface area contributed by atoms with Gasteiger partial charge < -0.3 is 4.74 Å². The van der Waals surface area contributed by atoms with E-state index in [1.54, 1.807) is 0 Å². The highest BCUT2D eigenvalue weighted by atomic mass is 28.3. The predicted molar refractivity (Wildman–Crippen MR) is 90.4 cm³/mol. The number of ether oxygens (including phenoxy) is 1. The molecule has 0 radical (unpaired) electrons. The largest absolute Gasteiger partial charge is 0.377 e. The number of hydrogen-bond acceptors (Lipinski definition) is 1. The van der Waals surface area contributed by atoms with Crippen molar-refractivity contribution in [3.05, 3.63) is 48.0 Å². The summed E-state index contributed by atoms with van der Waals surface area (Å²) in [5.41, 5.74) is 1.23. The lowest BCUT2D eigenvalue weighted by Crippen LogP contribution is -2.17. The Balaban J connectivity index is 2.03. The zero-order valence-corrected chi connectivity index (χ0v) is 14.0. The molecule has 0 aromatic heterocycles. The molecule has 1 nitrogen and oxygen atoms in total. The van der Waals surface area contributed by atoms with Crippen LogP contribution in [0.15, 0.2) is 42.5 Å². The van der Waals surface area contributed by atoms with Crippen molar-refractivity contribution in [3.8, 4) is 11.8 Å². The first kappa shape index (κ1) is 16.8. The molecule has 0 bridgehead atoms. The van der Waals surface area contributed by atoms with E-state index >= 15 is 0 Å². The van der Waals surface area contributed by atoms with Crippen molar-refractivity contribution in [2.45, 2.75) is 45.1 Å². The van der Waals surface area contributed by atoms with Crippen LogP contribution in [-0.2, 0) is 11.3 Å². The summed E-state index contributed by atoms with van der Waals surface area (Å²) in [5.74, 6) is 6.27. The Kier molecular flexibility index (Phi) is 8.02. The number of unbranched alkanes of at least 4 members (excludes halogenated alkanes) is 1. The van der Waals surface area contributed by atoms with E-state index in [9.17, 15) is 0 Å². The molecule has 1 aromatic rings. The van der Waals surface area contributed by atoms with Crippen LogP contribution in [0.5, 0.6) is 0 Å². The van der Waals surface area contributed by atoms with E-state index in [2.05, 4.69) is 49.7 Å². The van der Waals surface area contributed by atoms with Gasteiger partial charge in [-0.3, -0.25) is 0 Å². The highest BCUT2D eigenvalue weighted by Gasteiger charge is 2.08. The van der Waals surface area contributed by atoms with Crippen LogP contribution in [0.1, 0.15) is 18.4 Å². The van der Waals surface area contributed by atoms with Gasteiger partial charge >= 0.3 is 0 Å². The summed E-state index contributed by atoms with van der Waals surface area (Å²) in [5, 5.41) is 0. The molecule has 0 atom stereocenters. The quantitative estimate of drug-likeness (QED) is 0.394. The van der Waals surface area contributed by atoms with Gasteiger partial charge in [-0.2, -0.15) is 0 Å². The van der Waals surface area contributed by atoms with Crippen molar-refractivity contribution in [1.82, 2.24) is 0 Å². The molecule has 0 unspecified atom stereocenters. The lowest BCUT2D eigenvalue weighted by molar-refractivity contribution is 0.119. The van der Waals surface area contributed by atoms with Gasteiger partial charge in [-0.25, -0.2) is 0 Å². The molecule has 0 heterocycles. The lowest BCUT2D eigenvalue weighted by atomic mass is 10.2. The number of benzene rings is 1. The molecule has 0 aliphatic heterocycles. The minimum absolute atomic E-state index is 0.699. The second-order valence-electron chi connectivity index (χ2n) is 6.13. The van der Waals surface area contributed by atoms with Crippen LogP contribution in [0.3, 0.4) is 0 Å². The van der Waals surface area contributed by atoms with Crippen LogP contribution in [0.25, 0.3) is 0 Å². The fourth-order valence-electron chi connectivity index (χ4n) is 1.63. The van der Waals surface area contributed by atoms with Gasteiger partial charge in [-0.1, -0.05) is 67.9 Å². The smallest absolute Gasteiger partial charge is 0.0716 e. The molecule has 2 heteroatoms. The van der Waals surface area contributed by atoms with Gasteiger partial charge in [0.15, 0.2) is 0 Å². The van der Waals surface area contributed by atoms with E-state index in [-0.39, 0.29) is 0 Å². The summed E-state index contributed by atoms with van der Waals surface area (Å²) in [6, 6.07) is 11.5. The summed E-state index contributed by atoms with van der Waals surface area (Å²) in [4.78, 5) is 0. The zero-order chi connectivity index (χ0) is 14.7.